The first kappa shape index (κ1) is 26.3. The molecule has 1 aliphatic carbocycles. The number of hydrogen-bond acceptors (Lipinski definition) is 6. The molecule has 0 spiro atoms. The van der Waals surface area contributed by atoms with E-state index in [4.69, 9.17) is 9.47 Å². The summed E-state index contributed by atoms with van der Waals surface area (Å²) in [5.74, 6) is -0.935. The van der Waals surface area contributed by atoms with E-state index >= 15 is 4.39 Å². The van der Waals surface area contributed by atoms with E-state index in [0.29, 0.717) is 18.4 Å². The van der Waals surface area contributed by atoms with Crippen LogP contribution >= 0.6 is 0 Å². The van der Waals surface area contributed by atoms with Crippen molar-refractivity contribution >= 4 is 17.1 Å². The zero-order chi connectivity index (χ0) is 27.4. The van der Waals surface area contributed by atoms with Crippen molar-refractivity contribution in [2.45, 2.75) is 83.8 Å². The monoisotopic (exact) mass is 532 g/mol. The second kappa shape index (κ2) is 9.76. The molecule has 1 saturated carbocycles. The minimum absolute atomic E-state index is 0.0432. The Labute approximate surface area is 218 Å². The van der Waals surface area contributed by atoms with E-state index in [1.165, 1.54) is 11.2 Å². The minimum atomic E-state index is -3.04. The maximum Gasteiger partial charge on any atom is 0.410 e. The number of carbonyl (C=O) groups excluding carboxylic acids is 1. The smallest absolute Gasteiger partial charge is 0.410 e. The van der Waals surface area contributed by atoms with Crippen LogP contribution in [0.5, 0.6) is 5.75 Å². The van der Waals surface area contributed by atoms with Crippen LogP contribution in [0.4, 0.5) is 18.0 Å². The molecule has 0 bridgehead atoms. The number of aliphatic hydroxyl groups excluding tert-OH is 1. The maximum atomic E-state index is 15.1. The third-order valence-corrected chi connectivity index (χ3v) is 7.16. The van der Waals surface area contributed by atoms with Gasteiger partial charge in [-0.3, -0.25) is 0 Å². The Balaban J connectivity index is 1.43. The van der Waals surface area contributed by atoms with Gasteiger partial charge in [0.05, 0.1) is 23.9 Å². The molecule has 2 aromatic heterocycles. The number of ether oxygens (including phenoxy) is 2. The Hall–Kier alpha value is -3.34. The topological polar surface area (TPSA) is 89.7 Å². The molecule has 3 atom stereocenters. The summed E-state index contributed by atoms with van der Waals surface area (Å²) in [6.45, 7) is 7.19. The number of amides is 1. The summed E-state index contributed by atoms with van der Waals surface area (Å²) >= 11 is 0. The van der Waals surface area contributed by atoms with Gasteiger partial charge in [-0.1, -0.05) is 0 Å². The van der Waals surface area contributed by atoms with Gasteiger partial charge in [0, 0.05) is 36.2 Å². The van der Waals surface area contributed by atoms with Gasteiger partial charge >= 0.3 is 6.09 Å². The van der Waals surface area contributed by atoms with Gasteiger partial charge in [-0.2, -0.15) is 0 Å². The molecule has 11 heteroatoms. The highest BCUT2D eigenvalue weighted by Gasteiger charge is 2.38. The summed E-state index contributed by atoms with van der Waals surface area (Å²) in [6, 6.07) is 2.77. The predicted octanol–water partition coefficient (Wildman–Crippen LogP) is 5.25. The van der Waals surface area contributed by atoms with E-state index in [1.54, 1.807) is 20.8 Å². The number of halogens is 3. The van der Waals surface area contributed by atoms with Crippen LogP contribution in [-0.4, -0.2) is 55.0 Å². The van der Waals surface area contributed by atoms with Crippen molar-refractivity contribution in [3.63, 3.8) is 0 Å². The molecule has 3 aromatic rings. The largest absolute Gasteiger partial charge is 0.487 e. The second-order valence-electron chi connectivity index (χ2n) is 11.0. The van der Waals surface area contributed by atoms with E-state index in [9.17, 15) is 18.7 Å². The number of aliphatic hydroxyl groups is 1. The molecule has 1 fully saturated rings. The highest BCUT2D eigenvalue weighted by atomic mass is 19.3. The fourth-order valence-corrected chi connectivity index (χ4v) is 5.30. The van der Waals surface area contributed by atoms with Crippen LogP contribution in [0.3, 0.4) is 0 Å². The maximum absolute atomic E-state index is 15.1. The fraction of sp³-hybridized carbons (Fsp3) is 0.519. The molecule has 1 aromatic carbocycles. The van der Waals surface area contributed by atoms with E-state index in [-0.39, 0.29) is 36.9 Å². The number of benzene rings is 1. The van der Waals surface area contributed by atoms with Crippen LogP contribution < -0.4 is 4.74 Å². The van der Waals surface area contributed by atoms with Crippen LogP contribution in [0.1, 0.15) is 68.5 Å². The molecule has 5 rings (SSSR count). The van der Waals surface area contributed by atoms with Gasteiger partial charge < -0.3 is 24.0 Å². The average Bonchev–Trinajstić information content (AvgIpc) is 3.43. The van der Waals surface area contributed by atoms with Crippen molar-refractivity contribution in [2.24, 2.45) is 0 Å². The number of aryl methyl sites for hydroxylation is 1. The van der Waals surface area contributed by atoms with E-state index in [1.807, 2.05) is 23.8 Å². The van der Waals surface area contributed by atoms with Crippen molar-refractivity contribution in [1.29, 1.82) is 0 Å². The highest BCUT2D eigenvalue weighted by Crippen LogP contribution is 2.40. The quantitative estimate of drug-likeness (QED) is 0.494. The van der Waals surface area contributed by atoms with Gasteiger partial charge in [-0.25, -0.2) is 27.9 Å². The summed E-state index contributed by atoms with van der Waals surface area (Å²) in [7, 11) is 0. The van der Waals surface area contributed by atoms with Crippen molar-refractivity contribution in [3.05, 3.63) is 52.9 Å². The summed E-state index contributed by atoms with van der Waals surface area (Å²) in [5, 5.41) is 11.8. The molecule has 1 amide bonds. The molecule has 2 aliphatic rings. The lowest BCUT2D eigenvalue weighted by atomic mass is 9.95. The molecule has 38 heavy (non-hydrogen) atoms. The van der Waals surface area contributed by atoms with E-state index in [2.05, 4.69) is 9.97 Å². The fourth-order valence-electron chi connectivity index (χ4n) is 5.30. The van der Waals surface area contributed by atoms with Gasteiger partial charge in [0.2, 0.25) is 0 Å². The SMILES string of the molecule is Cc1ncnc2c1ccn2[C@@H]1C[C@H](Oc2cc(C(F)F)c(F)c3c2CN(C(=O)OC(C)(C)C)CC3)[C@@H](O)C1. The van der Waals surface area contributed by atoms with Crippen LogP contribution in [0.15, 0.2) is 24.7 Å². The van der Waals surface area contributed by atoms with Crippen molar-refractivity contribution in [3.8, 4) is 5.75 Å². The number of nitrogens with zero attached hydrogens (tertiary/aromatic N) is 4. The first-order valence-corrected chi connectivity index (χ1v) is 12.7. The summed E-state index contributed by atoms with van der Waals surface area (Å²) in [5.41, 5.74) is 0.516. The molecular weight excluding hydrogens is 501 g/mol. The van der Waals surface area contributed by atoms with Crippen LogP contribution in [-0.2, 0) is 17.7 Å². The summed E-state index contributed by atoms with van der Waals surface area (Å²) in [4.78, 5) is 22.7. The Morgan fingerprint density at radius 2 is 1.97 bits per heavy atom. The van der Waals surface area contributed by atoms with Gasteiger partial charge in [0.1, 0.15) is 35.2 Å². The molecule has 1 aliphatic heterocycles. The summed E-state index contributed by atoms with van der Waals surface area (Å²) in [6.07, 6.45) is -1.06. The lowest BCUT2D eigenvalue weighted by Crippen LogP contribution is -2.40. The molecule has 0 unspecified atom stereocenters. The number of rotatable bonds is 4. The van der Waals surface area contributed by atoms with Gasteiger partial charge in [-0.15, -0.1) is 0 Å². The zero-order valence-corrected chi connectivity index (χ0v) is 21.7. The Morgan fingerprint density at radius 3 is 2.68 bits per heavy atom. The van der Waals surface area contributed by atoms with Crippen LogP contribution in [0, 0.1) is 12.7 Å². The van der Waals surface area contributed by atoms with Gasteiger partial charge in [0.25, 0.3) is 6.43 Å². The normalized spacial score (nSPS) is 21.7. The first-order valence-electron chi connectivity index (χ1n) is 12.7. The zero-order valence-electron chi connectivity index (χ0n) is 21.7. The molecule has 0 saturated heterocycles. The van der Waals surface area contributed by atoms with Crippen LogP contribution in [0.2, 0.25) is 0 Å². The van der Waals surface area contributed by atoms with Crippen molar-refractivity contribution < 1.29 is 32.5 Å². The number of fused-ring (bicyclic) bond motifs is 2. The Bertz CT molecular complexity index is 1370. The standard InChI is InChI=1S/C27H31F3N4O4/c1-14-16-6-8-34(25(16)32-13-31-14)15-9-20(35)22(10-15)37-21-11-18(24(29)30)23(28)17-5-7-33(12-19(17)21)26(36)38-27(2,3)4/h6,8,11,13,15,20,22,24,35H,5,7,9-10,12H2,1-4H3/t15-,20-,22-/m0/s1. The van der Waals surface area contributed by atoms with E-state index in [0.717, 1.165) is 22.8 Å². The number of aromatic nitrogens is 3. The lowest BCUT2D eigenvalue weighted by molar-refractivity contribution is 0.0213. The molecule has 8 nitrogen and oxygen atoms in total. The number of hydrogen-bond donors (Lipinski definition) is 1. The first-order chi connectivity index (χ1) is 17.9. The molecule has 204 valence electrons. The van der Waals surface area contributed by atoms with Crippen molar-refractivity contribution in [1.82, 2.24) is 19.4 Å². The average molecular weight is 533 g/mol. The number of alkyl halides is 2. The van der Waals surface area contributed by atoms with Gasteiger partial charge in [-0.05, 0) is 58.2 Å². The number of carbonyl (C=O) groups is 1. The minimum Gasteiger partial charge on any atom is -0.487 e. The third-order valence-electron chi connectivity index (χ3n) is 7.16. The van der Waals surface area contributed by atoms with Crippen molar-refractivity contribution in [2.75, 3.05) is 6.54 Å². The second-order valence-corrected chi connectivity index (χ2v) is 11.0. The van der Waals surface area contributed by atoms with Gasteiger partial charge in [0.15, 0.2) is 0 Å². The Kier molecular flexibility index (Phi) is 6.75. The lowest BCUT2D eigenvalue weighted by Gasteiger charge is -2.33. The molecule has 0 radical (unpaired) electrons. The predicted molar refractivity (Wildman–Crippen MR) is 133 cm³/mol. The molecule has 1 N–H and O–H groups in total. The molecule has 3 heterocycles. The summed E-state index contributed by atoms with van der Waals surface area (Å²) < 4.78 is 56.1. The molecular formula is C27H31F3N4O4. The van der Waals surface area contributed by atoms with E-state index < -0.39 is 41.7 Å². The third kappa shape index (κ3) is 4.91. The highest BCUT2D eigenvalue weighted by molar-refractivity contribution is 5.78. The Morgan fingerprint density at radius 1 is 1.21 bits per heavy atom. The van der Waals surface area contributed by atoms with Crippen LogP contribution in [0.25, 0.3) is 11.0 Å².